The molecule has 0 heterocycles. The van der Waals surface area contributed by atoms with Gasteiger partial charge in [-0.3, -0.25) is 0 Å². The second-order valence-electron chi connectivity index (χ2n) is 1.82. The minimum atomic E-state index is -1.67. The van der Waals surface area contributed by atoms with E-state index in [9.17, 15) is 0 Å². The van der Waals surface area contributed by atoms with Crippen molar-refractivity contribution < 1.29 is 10.0 Å². The Hall–Kier alpha value is -1.31. The molecule has 0 aliphatic rings. The predicted octanol–water partition coefficient (Wildman–Crippen LogP) is 0.191. The minimum Gasteiger partial charge on any atom is -0.423 e. The van der Waals surface area contributed by atoms with Gasteiger partial charge in [0, 0.05) is 5.57 Å². The smallest absolute Gasteiger partial charge is 0.423 e. The van der Waals surface area contributed by atoms with Crippen molar-refractivity contribution in [2.45, 2.75) is 0 Å². The van der Waals surface area contributed by atoms with Crippen LogP contribution in [0.5, 0.6) is 0 Å². The van der Waals surface area contributed by atoms with Gasteiger partial charge in [-0.25, -0.2) is 0 Å². The maximum Gasteiger partial charge on any atom is 0.489 e. The number of hydrogen-bond donors (Lipinski definition) is 2. The summed E-state index contributed by atoms with van der Waals surface area (Å²) in [6.07, 6.45) is 2.69. The molecule has 2 N–H and O–H groups in total. The van der Waals surface area contributed by atoms with E-state index in [1.54, 1.807) is 6.07 Å². The van der Waals surface area contributed by atoms with Crippen LogP contribution in [0.2, 0.25) is 0 Å². The summed E-state index contributed by atoms with van der Waals surface area (Å²) in [4.78, 5) is 0. The van der Waals surface area contributed by atoms with Gasteiger partial charge in [-0.05, 0) is 5.47 Å². The van der Waals surface area contributed by atoms with Crippen molar-refractivity contribution >= 4 is 7.12 Å². The van der Waals surface area contributed by atoms with E-state index < -0.39 is 7.12 Å². The Labute approximate surface area is 65.7 Å². The largest absolute Gasteiger partial charge is 0.489 e. The Bertz CT molecular complexity index is 237. The molecule has 11 heavy (non-hydrogen) atoms. The molecule has 0 rings (SSSR count). The summed E-state index contributed by atoms with van der Waals surface area (Å²) >= 11 is 0. The van der Waals surface area contributed by atoms with Crippen LogP contribution in [0.1, 0.15) is 0 Å². The van der Waals surface area contributed by atoms with Gasteiger partial charge in [-0.15, -0.1) is 0 Å². The molecule has 0 aromatic heterocycles. The third kappa shape index (κ3) is 2.85. The SMILES string of the molecule is C=C/C=C(/B(O)O)C(=C)C#N. The van der Waals surface area contributed by atoms with Gasteiger partial charge in [-0.1, -0.05) is 25.3 Å². The van der Waals surface area contributed by atoms with Crippen LogP contribution in [-0.2, 0) is 0 Å². The van der Waals surface area contributed by atoms with Crippen LogP contribution >= 0.6 is 0 Å². The van der Waals surface area contributed by atoms with Gasteiger partial charge in [0.25, 0.3) is 0 Å². The Morgan fingerprint density at radius 1 is 1.55 bits per heavy atom. The molecule has 0 saturated heterocycles. The monoisotopic (exact) mass is 149 g/mol. The number of nitriles is 1. The molecule has 0 atom stereocenters. The van der Waals surface area contributed by atoms with Crippen LogP contribution in [0.15, 0.2) is 36.4 Å². The maximum absolute atomic E-state index is 8.67. The van der Waals surface area contributed by atoms with Crippen molar-refractivity contribution in [1.29, 1.82) is 5.26 Å². The fraction of sp³-hybridized carbons (Fsp3) is 0. The molecule has 0 aliphatic heterocycles. The summed E-state index contributed by atoms with van der Waals surface area (Å²) in [5.74, 6) is 0. The van der Waals surface area contributed by atoms with E-state index in [-0.39, 0.29) is 11.0 Å². The summed E-state index contributed by atoms with van der Waals surface area (Å²) in [7, 11) is -1.67. The van der Waals surface area contributed by atoms with Crippen LogP contribution in [0.25, 0.3) is 0 Å². The number of allylic oxidation sites excluding steroid dienone is 4. The Morgan fingerprint density at radius 2 is 2.09 bits per heavy atom. The summed E-state index contributed by atoms with van der Waals surface area (Å²) in [5, 5.41) is 25.7. The summed E-state index contributed by atoms with van der Waals surface area (Å²) in [6, 6.07) is 1.70. The molecule has 3 nitrogen and oxygen atoms in total. The van der Waals surface area contributed by atoms with E-state index in [0.717, 1.165) is 0 Å². The average molecular weight is 149 g/mol. The van der Waals surface area contributed by atoms with Gasteiger partial charge in [0.2, 0.25) is 0 Å². The van der Waals surface area contributed by atoms with Crippen LogP contribution < -0.4 is 0 Å². The zero-order valence-electron chi connectivity index (χ0n) is 5.99. The molecule has 0 bridgehead atoms. The van der Waals surface area contributed by atoms with E-state index in [1.165, 1.54) is 12.2 Å². The third-order valence-electron chi connectivity index (χ3n) is 1.06. The zero-order valence-corrected chi connectivity index (χ0v) is 5.99. The summed E-state index contributed by atoms with van der Waals surface area (Å²) in [5.41, 5.74) is 0.0994. The number of rotatable bonds is 3. The zero-order chi connectivity index (χ0) is 8.85. The van der Waals surface area contributed by atoms with Gasteiger partial charge >= 0.3 is 7.12 Å². The van der Waals surface area contributed by atoms with Crippen molar-refractivity contribution in [2.24, 2.45) is 0 Å². The second-order valence-corrected chi connectivity index (χ2v) is 1.82. The Balaban J connectivity index is 4.64. The molecular formula is C7H8BNO2. The highest BCUT2D eigenvalue weighted by Crippen LogP contribution is 2.07. The Kier molecular flexibility index (Phi) is 3.97. The predicted molar refractivity (Wildman–Crippen MR) is 43.2 cm³/mol. The lowest BCUT2D eigenvalue weighted by molar-refractivity contribution is 0.420. The fourth-order valence-corrected chi connectivity index (χ4v) is 0.534. The lowest BCUT2D eigenvalue weighted by atomic mass is 9.75. The summed E-state index contributed by atoms with van der Waals surface area (Å²) in [6.45, 7) is 6.67. The van der Waals surface area contributed by atoms with Crippen molar-refractivity contribution in [3.8, 4) is 6.07 Å². The average Bonchev–Trinajstić information content (AvgIpc) is 1.98. The molecule has 0 unspecified atom stereocenters. The topological polar surface area (TPSA) is 64.2 Å². The first-order chi connectivity index (χ1) is 5.13. The molecule has 4 heteroatoms. The normalized spacial score (nSPS) is 10.1. The molecule has 0 fully saturated rings. The van der Waals surface area contributed by atoms with Crippen LogP contribution in [0, 0.1) is 11.3 Å². The molecular weight excluding hydrogens is 141 g/mol. The van der Waals surface area contributed by atoms with Crippen molar-refractivity contribution in [3.05, 3.63) is 36.4 Å². The lowest BCUT2D eigenvalue weighted by Crippen LogP contribution is -2.16. The van der Waals surface area contributed by atoms with Gasteiger partial charge in [0.1, 0.15) is 0 Å². The first-order valence-electron chi connectivity index (χ1n) is 2.91. The van der Waals surface area contributed by atoms with Crippen molar-refractivity contribution in [2.75, 3.05) is 0 Å². The quantitative estimate of drug-likeness (QED) is 0.342. The molecule has 0 radical (unpaired) electrons. The van der Waals surface area contributed by atoms with Gasteiger partial charge in [0.05, 0.1) is 6.07 Å². The number of hydrogen-bond acceptors (Lipinski definition) is 3. The fourth-order valence-electron chi connectivity index (χ4n) is 0.534. The highest BCUT2D eigenvalue weighted by atomic mass is 16.4. The van der Waals surface area contributed by atoms with E-state index in [2.05, 4.69) is 13.2 Å². The van der Waals surface area contributed by atoms with E-state index in [1.807, 2.05) is 0 Å². The summed E-state index contributed by atoms with van der Waals surface area (Å²) < 4.78 is 0. The Morgan fingerprint density at radius 3 is 2.36 bits per heavy atom. The first kappa shape index (κ1) is 9.69. The second kappa shape index (κ2) is 4.50. The highest BCUT2D eigenvalue weighted by Gasteiger charge is 2.16. The molecule has 56 valence electrons. The lowest BCUT2D eigenvalue weighted by Gasteiger charge is -1.99. The van der Waals surface area contributed by atoms with Gasteiger partial charge < -0.3 is 10.0 Å². The van der Waals surface area contributed by atoms with Gasteiger partial charge in [-0.2, -0.15) is 5.26 Å². The van der Waals surface area contributed by atoms with E-state index >= 15 is 0 Å². The molecule has 0 amide bonds. The van der Waals surface area contributed by atoms with E-state index in [4.69, 9.17) is 15.3 Å². The molecule has 0 saturated carbocycles. The molecule has 0 aliphatic carbocycles. The molecule has 0 aromatic carbocycles. The molecule has 0 aromatic rings. The first-order valence-corrected chi connectivity index (χ1v) is 2.91. The standard InChI is InChI=1S/C7H8BNO2/c1-3-4-7(8(10)11)6(2)5-9/h3-4,10-11H,1-2H2/b7-4+. The van der Waals surface area contributed by atoms with Crippen LogP contribution in [0.3, 0.4) is 0 Å². The van der Waals surface area contributed by atoms with E-state index in [0.29, 0.717) is 0 Å². The van der Waals surface area contributed by atoms with Gasteiger partial charge in [0.15, 0.2) is 0 Å². The van der Waals surface area contributed by atoms with Crippen molar-refractivity contribution in [1.82, 2.24) is 0 Å². The molecule has 0 spiro atoms. The van der Waals surface area contributed by atoms with Crippen molar-refractivity contribution in [3.63, 3.8) is 0 Å². The number of nitrogens with zero attached hydrogens (tertiary/aromatic N) is 1. The minimum absolute atomic E-state index is 0.0277. The highest BCUT2D eigenvalue weighted by molar-refractivity contribution is 6.52. The van der Waals surface area contributed by atoms with Crippen LogP contribution in [-0.4, -0.2) is 17.2 Å². The third-order valence-corrected chi connectivity index (χ3v) is 1.06. The van der Waals surface area contributed by atoms with Crippen LogP contribution in [0.4, 0.5) is 0 Å². The maximum atomic E-state index is 8.67.